The highest BCUT2D eigenvalue weighted by Crippen LogP contribution is 2.41. The molecule has 254 valence electrons. The average molecular weight is 630 g/mol. The standard InChI is InChI=1S/C32H57N3O9/c1-27(2)14-20(15-28(3,4)33(27)39)42-24(36)13-23(25(37)43-21-16-29(5,6)34(40)30(7,8)17-21)26(38)44-22-18-31(9,10)35(41)32(11,12)19-22/h20-23,39-41H,13-19H2,1-12H3/p+2. The van der Waals surface area contributed by atoms with E-state index in [2.05, 4.69) is 0 Å². The zero-order valence-corrected chi connectivity index (χ0v) is 29.0. The van der Waals surface area contributed by atoms with Crippen LogP contribution in [0.15, 0.2) is 0 Å². The van der Waals surface area contributed by atoms with E-state index in [1.165, 1.54) is 15.2 Å². The van der Waals surface area contributed by atoms with Gasteiger partial charge >= 0.3 is 17.9 Å². The summed E-state index contributed by atoms with van der Waals surface area (Å²) in [5, 5.41) is 32.1. The Morgan fingerprint density at radius 2 is 0.864 bits per heavy atom. The molecule has 0 spiro atoms. The van der Waals surface area contributed by atoms with E-state index < -0.39 is 81.8 Å². The molecule has 0 aromatic rings. The number of carbonyl (C=O) groups is 3. The monoisotopic (exact) mass is 629 g/mol. The molecule has 0 amide bonds. The van der Waals surface area contributed by atoms with Crippen molar-refractivity contribution >= 4 is 17.9 Å². The second-order valence-corrected chi connectivity index (χ2v) is 17.1. The van der Waals surface area contributed by atoms with Crippen molar-refractivity contribution in [3.8, 4) is 0 Å². The molecular weight excluding hydrogens is 570 g/mol. The van der Waals surface area contributed by atoms with Gasteiger partial charge in [-0.25, -0.2) is 0 Å². The molecule has 3 rings (SSSR count). The van der Waals surface area contributed by atoms with Crippen LogP contribution in [0.1, 0.15) is 128 Å². The Bertz CT molecular complexity index is 991. The van der Waals surface area contributed by atoms with E-state index in [1.54, 1.807) is 0 Å². The van der Waals surface area contributed by atoms with Crippen molar-refractivity contribution in [1.82, 2.24) is 15.2 Å². The Kier molecular flexibility index (Phi) is 10.1. The number of hydrogen-bond acceptors (Lipinski definition) is 10. The summed E-state index contributed by atoms with van der Waals surface area (Å²) in [5.41, 5.74) is -3.62. The van der Waals surface area contributed by atoms with Crippen LogP contribution in [0.2, 0.25) is 0 Å². The van der Waals surface area contributed by atoms with Crippen LogP contribution in [0.3, 0.4) is 0 Å². The molecule has 3 aliphatic rings. The molecule has 12 heteroatoms. The molecule has 1 atom stereocenters. The van der Waals surface area contributed by atoms with Gasteiger partial charge in [-0.15, -0.1) is 0 Å². The van der Waals surface area contributed by atoms with Crippen LogP contribution in [0.4, 0.5) is 0 Å². The molecule has 44 heavy (non-hydrogen) atoms. The molecule has 0 aromatic heterocycles. The maximum absolute atomic E-state index is 13.7. The van der Waals surface area contributed by atoms with Crippen molar-refractivity contribution in [1.29, 1.82) is 0 Å². The van der Waals surface area contributed by atoms with E-state index in [4.69, 9.17) is 24.6 Å². The fraction of sp³-hybridized carbons (Fsp3) is 0.906. The quantitative estimate of drug-likeness (QED) is 0.192. The predicted molar refractivity (Wildman–Crippen MR) is 164 cm³/mol. The lowest BCUT2D eigenvalue weighted by molar-refractivity contribution is -0.262. The maximum atomic E-state index is 13.7. The first-order valence-corrected chi connectivity index (χ1v) is 15.8. The summed E-state index contributed by atoms with van der Waals surface area (Å²) < 4.78 is 17.7. The fourth-order valence-electron chi connectivity index (χ4n) is 7.96. The minimum absolute atomic E-state index is 0.338. The molecule has 12 nitrogen and oxygen atoms in total. The number of esters is 3. The van der Waals surface area contributed by atoms with Gasteiger partial charge in [0.1, 0.15) is 18.3 Å². The lowest BCUT2D eigenvalue weighted by Gasteiger charge is -2.51. The molecule has 0 saturated carbocycles. The number of hydroxylamine groups is 6. The van der Waals surface area contributed by atoms with Gasteiger partial charge in [-0.2, -0.15) is 5.06 Å². The Labute approximate surface area is 262 Å². The van der Waals surface area contributed by atoms with Crippen molar-refractivity contribution in [2.75, 3.05) is 0 Å². The molecule has 5 N–H and O–H groups in total. The number of hydrogen-bond donors (Lipinski definition) is 1. The van der Waals surface area contributed by atoms with Crippen molar-refractivity contribution in [2.24, 2.45) is 5.92 Å². The second kappa shape index (κ2) is 12.1. The minimum atomic E-state index is -1.53. The molecule has 0 radical (unpaired) electrons. The summed E-state index contributed by atoms with van der Waals surface area (Å²) in [5.74, 6) is -3.93. The van der Waals surface area contributed by atoms with Gasteiger partial charge in [-0.05, 0) is 83.1 Å². The van der Waals surface area contributed by atoms with Crippen LogP contribution in [0.5, 0.6) is 0 Å². The summed E-state index contributed by atoms with van der Waals surface area (Å²) in [4.78, 5) is 40.8. The zero-order valence-electron chi connectivity index (χ0n) is 29.0. The Balaban J connectivity index is 1.81. The molecule has 0 aromatic carbocycles. The minimum Gasteiger partial charge on any atom is -0.462 e. The first-order chi connectivity index (χ1) is 19.7. The lowest BCUT2D eigenvalue weighted by Crippen LogP contribution is -2.61. The summed E-state index contributed by atoms with van der Waals surface area (Å²) in [7, 11) is 0. The van der Waals surface area contributed by atoms with Gasteiger partial charge in [-0.1, -0.05) is 10.1 Å². The molecule has 3 heterocycles. The number of ether oxygens (including phenoxy) is 3. The first kappa shape index (κ1) is 36.6. The normalized spacial score (nSPS) is 28.2. The highest BCUT2D eigenvalue weighted by molar-refractivity contribution is 5.98. The highest BCUT2D eigenvalue weighted by atomic mass is 16.6. The molecule has 0 bridgehead atoms. The van der Waals surface area contributed by atoms with Gasteiger partial charge in [0.05, 0.1) is 28.6 Å². The first-order valence-electron chi connectivity index (χ1n) is 15.8. The van der Waals surface area contributed by atoms with E-state index in [1.807, 2.05) is 83.1 Å². The average Bonchev–Trinajstić information content (AvgIpc) is 2.81. The summed E-state index contributed by atoms with van der Waals surface area (Å²) >= 11 is 0. The van der Waals surface area contributed by atoms with Gasteiger partial charge in [0.25, 0.3) is 0 Å². The molecule has 3 saturated heterocycles. The largest absolute Gasteiger partial charge is 0.462 e. The van der Waals surface area contributed by atoms with Gasteiger partial charge in [0.2, 0.25) is 0 Å². The van der Waals surface area contributed by atoms with E-state index >= 15 is 0 Å². The summed E-state index contributed by atoms with van der Waals surface area (Å²) in [6.45, 7) is 22.7. The number of rotatable bonds is 7. The Hall–Kier alpha value is -1.83. The van der Waals surface area contributed by atoms with Crippen molar-refractivity contribution in [3.05, 3.63) is 0 Å². The third kappa shape index (κ3) is 7.93. The van der Waals surface area contributed by atoms with E-state index in [0.29, 0.717) is 38.5 Å². The smallest absolute Gasteiger partial charge is 0.321 e. The summed E-state index contributed by atoms with van der Waals surface area (Å²) in [6.07, 6.45) is 0.172. The number of piperidine rings is 3. The van der Waals surface area contributed by atoms with Gasteiger partial charge in [0.15, 0.2) is 5.92 Å². The van der Waals surface area contributed by atoms with Gasteiger partial charge in [0, 0.05) is 49.6 Å². The molecule has 3 fully saturated rings. The number of carbonyl (C=O) groups excluding carboxylic acids is 3. The summed E-state index contributed by atoms with van der Waals surface area (Å²) in [6, 6.07) is 0. The molecular formula is C32H59N3O9+2. The number of nitrogens with zero attached hydrogens (tertiary/aromatic N) is 3. The topological polar surface area (TPSA) is 155 Å². The van der Waals surface area contributed by atoms with Crippen LogP contribution < -0.4 is 0 Å². The maximum Gasteiger partial charge on any atom is 0.321 e. The van der Waals surface area contributed by atoms with Gasteiger partial charge < -0.3 is 29.8 Å². The molecule has 3 aliphatic heterocycles. The van der Waals surface area contributed by atoms with Crippen molar-refractivity contribution in [3.63, 3.8) is 0 Å². The van der Waals surface area contributed by atoms with Crippen LogP contribution >= 0.6 is 0 Å². The molecule has 1 unspecified atom stereocenters. The highest BCUT2D eigenvalue weighted by Gasteiger charge is 2.52. The third-order valence-electron chi connectivity index (χ3n) is 9.73. The zero-order chi connectivity index (χ0) is 33.8. The second-order valence-electron chi connectivity index (χ2n) is 17.1. The SMILES string of the molecule is CC1(C)CC(OC(=O)C(CC(=O)OC2CC(C)(C)N([OH2+])C(C)(C)C2)C(=O)OC2CC(C)(C)N([OH2+])C(C)(C)C2)CC(C)(C)N1O. The van der Waals surface area contributed by atoms with Crippen LogP contribution in [-0.2, 0) is 28.6 Å². The van der Waals surface area contributed by atoms with Gasteiger partial charge in [-0.3, -0.25) is 14.4 Å². The Morgan fingerprint density at radius 3 is 1.18 bits per heavy atom. The van der Waals surface area contributed by atoms with Crippen LogP contribution in [-0.4, -0.2) is 100 Å². The van der Waals surface area contributed by atoms with Crippen LogP contribution in [0, 0.1) is 5.92 Å². The van der Waals surface area contributed by atoms with E-state index in [0.717, 1.165) is 0 Å². The van der Waals surface area contributed by atoms with Crippen molar-refractivity contribution < 1.29 is 44.2 Å². The lowest BCUT2D eigenvalue weighted by atomic mass is 9.80. The predicted octanol–water partition coefficient (Wildman–Crippen LogP) is 3.36. The Morgan fingerprint density at radius 1 is 0.591 bits per heavy atom. The fourth-order valence-corrected chi connectivity index (χ4v) is 7.96. The van der Waals surface area contributed by atoms with Crippen molar-refractivity contribution in [2.45, 2.75) is 180 Å². The third-order valence-corrected chi connectivity index (χ3v) is 9.73. The molecule has 0 aliphatic carbocycles. The van der Waals surface area contributed by atoms with Crippen LogP contribution in [0.25, 0.3) is 0 Å². The van der Waals surface area contributed by atoms with E-state index in [9.17, 15) is 19.6 Å². The van der Waals surface area contributed by atoms with E-state index in [-0.39, 0.29) is 0 Å².